The fraction of sp³-hybridized carbons (Fsp3) is 0.933. The second-order valence-electron chi connectivity index (χ2n) is 6.41. The Bertz CT molecular complexity index is 308. The maximum atomic E-state index is 12.0. The lowest BCUT2D eigenvalue weighted by Crippen LogP contribution is -2.55. The van der Waals surface area contributed by atoms with E-state index in [4.69, 9.17) is 4.74 Å². The Hall–Kier alpha value is -0.650. The Balaban J connectivity index is 1.72. The summed E-state index contributed by atoms with van der Waals surface area (Å²) in [4.78, 5) is 14.3. The number of ether oxygens (including phenoxy) is 1. The van der Waals surface area contributed by atoms with E-state index in [1.54, 1.807) is 0 Å². The summed E-state index contributed by atoms with van der Waals surface area (Å²) >= 11 is 0. The normalized spacial score (nSPS) is 25.9. The van der Waals surface area contributed by atoms with Crippen LogP contribution in [0.4, 0.5) is 0 Å². The van der Waals surface area contributed by atoms with Gasteiger partial charge in [0, 0.05) is 31.7 Å². The van der Waals surface area contributed by atoms with Crippen LogP contribution in [0.3, 0.4) is 0 Å². The predicted octanol–water partition coefficient (Wildman–Crippen LogP) is 0.603. The van der Waals surface area contributed by atoms with E-state index >= 15 is 0 Å². The first-order valence-corrected chi connectivity index (χ1v) is 7.85. The van der Waals surface area contributed by atoms with Crippen LogP contribution in [0.25, 0.3) is 0 Å². The van der Waals surface area contributed by atoms with Gasteiger partial charge in [0.15, 0.2) is 0 Å². The topological polar surface area (TPSA) is 53.6 Å². The van der Waals surface area contributed by atoms with Crippen molar-refractivity contribution >= 4 is 5.91 Å². The van der Waals surface area contributed by atoms with Crippen LogP contribution in [0.1, 0.15) is 32.1 Å². The van der Waals surface area contributed by atoms with E-state index in [1.807, 2.05) is 0 Å². The van der Waals surface area contributed by atoms with E-state index in [-0.39, 0.29) is 11.4 Å². The summed E-state index contributed by atoms with van der Waals surface area (Å²) in [7, 11) is 4.20. The second kappa shape index (κ2) is 7.38. The van der Waals surface area contributed by atoms with Crippen LogP contribution in [0, 0.1) is 5.92 Å². The van der Waals surface area contributed by atoms with E-state index in [0.29, 0.717) is 12.3 Å². The number of nitrogens with one attached hydrogen (secondary N) is 2. The van der Waals surface area contributed by atoms with Crippen molar-refractivity contribution in [3.8, 4) is 0 Å². The van der Waals surface area contributed by atoms with Gasteiger partial charge in [0.05, 0.1) is 0 Å². The van der Waals surface area contributed by atoms with Gasteiger partial charge in [0.25, 0.3) is 0 Å². The van der Waals surface area contributed by atoms with Gasteiger partial charge < -0.3 is 20.3 Å². The molecule has 1 unspecified atom stereocenters. The largest absolute Gasteiger partial charge is 0.381 e. The van der Waals surface area contributed by atoms with E-state index in [2.05, 4.69) is 29.6 Å². The van der Waals surface area contributed by atoms with Gasteiger partial charge in [-0.3, -0.25) is 4.79 Å². The van der Waals surface area contributed by atoms with E-state index in [0.717, 1.165) is 52.1 Å². The van der Waals surface area contributed by atoms with Crippen molar-refractivity contribution in [1.29, 1.82) is 0 Å². The first kappa shape index (κ1) is 15.7. The molecular formula is C15H29N3O2. The van der Waals surface area contributed by atoms with E-state index < -0.39 is 0 Å². The molecule has 2 N–H and O–H groups in total. The quantitative estimate of drug-likeness (QED) is 0.750. The minimum atomic E-state index is 0.0722. The smallest absolute Gasteiger partial charge is 0.220 e. The summed E-state index contributed by atoms with van der Waals surface area (Å²) < 4.78 is 5.45. The van der Waals surface area contributed by atoms with Crippen LogP contribution in [0.5, 0.6) is 0 Å². The Morgan fingerprint density at radius 3 is 2.75 bits per heavy atom. The molecule has 0 bridgehead atoms. The van der Waals surface area contributed by atoms with Crippen molar-refractivity contribution in [3.63, 3.8) is 0 Å². The number of rotatable bonds is 6. The van der Waals surface area contributed by atoms with E-state index in [9.17, 15) is 4.79 Å². The maximum Gasteiger partial charge on any atom is 0.220 e. The molecule has 20 heavy (non-hydrogen) atoms. The molecule has 5 heteroatoms. The van der Waals surface area contributed by atoms with Gasteiger partial charge in [-0.05, 0) is 58.8 Å². The first-order valence-electron chi connectivity index (χ1n) is 7.85. The molecule has 0 aromatic carbocycles. The molecule has 2 aliphatic heterocycles. The van der Waals surface area contributed by atoms with Gasteiger partial charge >= 0.3 is 0 Å². The lowest BCUT2D eigenvalue weighted by molar-refractivity contribution is -0.122. The Labute approximate surface area is 122 Å². The van der Waals surface area contributed by atoms with Crippen LogP contribution in [-0.2, 0) is 9.53 Å². The molecule has 0 aliphatic carbocycles. The van der Waals surface area contributed by atoms with Crippen LogP contribution >= 0.6 is 0 Å². The van der Waals surface area contributed by atoms with Crippen molar-refractivity contribution < 1.29 is 9.53 Å². The monoisotopic (exact) mass is 283 g/mol. The molecule has 116 valence electrons. The summed E-state index contributed by atoms with van der Waals surface area (Å²) in [5, 5.41) is 6.49. The van der Waals surface area contributed by atoms with Crippen LogP contribution in [0.2, 0.25) is 0 Å². The molecule has 0 aromatic rings. The third-order valence-electron chi connectivity index (χ3n) is 4.93. The van der Waals surface area contributed by atoms with Gasteiger partial charge in [-0.15, -0.1) is 0 Å². The number of carbonyl (C=O) groups excluding carboxylic acids is 1. The highest BCUT2D eigenvalue weighted by Gasteiger charge is 2.35. The van der Waals surface area contributed by atoms with Crippen LogP contribution in [-0.4, -0.2) is 63.3 Å². The lowest BCUT2D eigenvalue weighted by Gasteiger charge is -2.42. The molecule has 2 aliphatic rings. The number of amides is 1. The minimum Gasteiger partial charge on any atom is -0.381 e. The van der Waals surface area contributed by atoms with Crippen LogP contribution < -0.4 is 10.6 Å². The van der Waals surface area contributed by atoms with Gasteiger partial charge in [0.2, 0.25) is 5.91 Å². The van der Waals surface area contributed by atoms with Crippen molar-refractivity contribution in [2.24, 2.45) is 5.92 Å². The zero-order valence-corrected chi connectivity index (χ0v) is 12.9. The van der Waals surface area contributed by atoms with Gasteiger partial charge in [-0.2, -0.15) is 0 Å². The molecule has 1 atom stereocenters. The molecule has 2 fully saturated rings. The third kappa shape index (κ3) is 4.17. The fourth-order valence-electron chi connectivity index (χ4n) is 3.18. The van der Waals surface area contributed by atoms with Gasteiger partial charge in [-0.25, -0.2) is 0 Å². The Morgan fingerprint density at radius 2 is 2.15 bits per heavy atom. The SMILES string of the molecule is CN(C)C1(CNC(=O)CCC2CCNC2)CCOCC1. The van der Waals surface area contributed by atoms with Crippen molar-refractivity contribution in [2.75, 3.05) is 46.9 Å². The Kier molecular flexibility index (Phi) is 5.81. The number of carbonyl (C=O) groups is 1. The standard InChI is InChI=1S/C15H29N3O2/c1-18(2)15(6-9-20-10-7-15)12-17-14(19)4-3-13-5-8-16-11-13/h13,16H,3-12H2,1-2H3,(H,17,19). The minimum absolute atomic E-state index is 0.0722. The number of hydrogen-bond acceptors (Lipinski definition) is 4. The Morgan fingerprint density at radius 1 is 1.40 bits per heavy atom. The van der Waals surface area contributed by atoms with Crippen molar-refractivity contribution in [3.05, 3.63) is 0 Å². The summed E-state index contributed by atoms with van der Waals surface area (Å²) in [5.41, 5.74) is 0.0722. The first-order chi connectivity index (χ1) is 9.62. The lowest BCUT2D eigenvalue weighted by atomic mass is 9.88. The van der Waals surface area contributed by atoms with Crippen LogP contribution in [0.15, 0.2) is 0 Å². The average molecular weight is 283 g/mol. The van der Waals surface area contributed by atoms with E-state index in [1.165, 1.54) is 6.42 Å². The third-order valence-corrected chi connectivity index (χ3v) is 4.93. The molecule has 2 heterocycles. The highest BCUT2D eigenvalue weighted by Crippen LogP contribution is 2.25. The zero-order chi connectivity index (χ0) is 14.4. The summed E-state index contributed by atoms with van der Waals surface area (Å²) in [6.45, 7) is 4.51. The highest BCUT2D eigenvalue weighted by molar-refractivity contribution is 5.75. The molecule has 0 aromatic heterocycles. The molecule has 2 rings (SSSR count). The summed E-state index contributed by atoms with van der Waals surface area (Å²) in [6.07, 6.45) is 4.87. The predicted molar refractivity (Wildman–Crippen MR) is 79.7 cm³/mol. The molecule has 1 amide bonds. The summed E-state index contributed by atoms with van der Waals surface area (Å²) in [6, 6.07) is 0. The summed E-state index contributed by atoms with van der Waals surface area (Å²) in [5.74, 6) is 0.885. The zero-order valence-electron chi connectivity index (χ0n) is 12.9. The number of nitrogens with zero attached hydrogens (tertiary/aromatic N) is 1. The molecule has 0 saturated carbocycles. The molecule has 0 radical (unpaired) electrons. The van der Waals surface area contributed by atoms with Crippen molar-refractivity contribution in [2.45, 2.75) is 37.6 Å². The maximum absolute atomic E-state index is 12.0. The molecule has 0 spiro atoms. The molecular weight excluding hydrogens is 254 g/mol. The van der Waals surface area contributed by atoms with Crippen molar-refractivity contribution in [1.82, 2.24) is 15.5 Å². The van der Waals surface area contributed by atoms with Gasteiger partial charge in [0.1, 0.15) is 0 Å². The number of hydrogen-bond donors (Lipinski definition) is 2. The fourth-order valence-corrected chi connectivity index (χ4v) is 3.18. The number of likely N-dealkylation sites (N-methyl/N-ethyl adjacent to an activating group) is 1. The van der Waals surface area contributed by atoms with Gasteiger partial charge in [-0.1, -0.05) is 0 Å². The second-order valence-corrected chi connectivity index (χ2v) is 6.41. The molecule has 2 saturated heterocycles. The average Bonchev–Trinajstić information content (AvgIpc) is 2.97. The highest BCUT2D eigenvalue weighted by atomic mass is 16.5. The molecule has 5 nitrogen and oxygen atoms in total.